The molecule has 0 radical (unpaired) electrons. The molecule has 1 aliphatic rings. The fraction of sp³-hybridized carbons (Fsp3) is 0.417. The van der Waals surface area contributed by atoms with Gasteiger partial charge in [-0.15, -0.1) is 0 Å². The molecule has 5 heteroatoms. The Balaban J connectivity index is 2.10. The first-order valence-corrected chi connectivity index (χ1v) is 7.03. The van der Waals surface area contributed by atoms with Gasteiger partial charge in [-0.25, -0.2) is 4.79 Å². The maximum atomic E-state index is 12.2. The molecule has 0 aromatic heterocycles. The van der Waals surface area contributed by atoms with Gasteiger partial charge in [-0.1, -0.05) is 12.1 Å². The Morgan fingerprint density at radius 1 is 1.35 bits per heavy atom. The molecule has 0 bridgehead atoms. The van der Waals surface area contributed by atoms with Crippen molar-refractivity contribution >= 4 is 29.2 Å². The number of amides is 2. The monoisotopic (exact) mass is 251 g/mol. The Morgan fingerprint density at radius 3 is 2.82 bits per heavy atom. The molecule has 1 aromatic rings. The lowest BCUT2D eigenvalue weighted by molar-refractivity contribution is 0.223. The van der Waals surface area contributed by atoms with Crippen LogP contribution in [-0.4, -0.2) is 42.6 Å². The van der Waals surface area contributed by atoms with Crippen molar-refractivity contribution in [3.63, 3.8) is 0 Å². The molecule has 4 nitrogen and oxygen atoms in total. The fourth-order valence-corrected chi connectivity index (χ4v) is 2.35. The molecule has 0 saturated carbocycles. The van der Waals surface area contributed by atoms with Crippen LogP contribution in [0.1, 0.15) is 0 Å². The third-order valence-electron chi connectivity index (χ3n) is 2.89. The van der Waals surface area contributed by atoms with E-state index in [4.69, 9.17) is 5.73 Å². The smallest absolute Gasteiger partial charge is 0.324 e. The van der Waals surface area contributed by atoms with E-state index in [-0.39, 0.29) is 6.03 Å². The van der Waals surface area contributed by atoms with Gasteiger partial charge < -0.3 is 10.6 Å². The second-order valence-corrected chi connectivity index (χ2v) is 4.96. The zero-order valence-electron chi connectivity index (χ0n) is 9.93. The summed E-state index contributed by atoms with van der Waals surface area (Å²) >= 11 is 1.75. The highest BCUT2D eigenvalue weighted by atomic mass is 32.2. The van der Waals surface area contributed by atoms with Gasteiger partial charge in [0, 0.05) is 25.4 Å². The lowest BCUT2D eigenvalue weighted by Gasteiger charge is -2.19. The maximum Gasteiger partial charge on any atom is 0.324 e. The number of urea groups is 1. The number of anilines is 2. The van der Waals surface area contributed by atoms with Crippen molar-refractivity contribution in [2.45, 2.75) is 0 Å². The molecule has 17 heavy (non-hydrogen) atoms. The fourth-order valence-electron chi connectivity index (χ4n) is 1.95. The number of carbonyl (C=O) groups excluding carboxylic acids is 1. The highest BCUT2D eigenvalue weighted by Crippen LogP contribution is 2.26. The van der Waals surface area contributed by atoms with E-state index in [1.807, 2.05) is 35.4 Å². The van der Waals surface area contributed by atoms with Crippen LogP contribution < -0.4 is 10.6 Å². The summed E-state index contributed by atoms with van der Waals surface area (Å²) in [6.45, 7) is 2.32. The lowest BCUT2D eigenvalue weighted by Crippen LogP contribution is -2.33. The highest BCUT2D eigenvalue weighted by Gasteiger charge is 2.29. The molecule has 2 N–H and O–H groups in total. The molecule has 0 spiro atoms. The summed E-state index contributed by atoms with van der Waals surface area (Å²) in [5, 5.41) is 0. The zero-order valence-corrected chi connectivity index (χ0v) is 10.7. The number of nitrogens with zero attached hydrogens (tertiary/aromatic N) is 2. The molecule has 1 aliphatic heterocycles. The Labute approximate surface area is 106 Å². The first-order valence-electron chi connectivity index (χ1n) is 5.64. The van der Waals surface area contributed by atoms with Crippen molar-refractivity contribution < 1.29 is 4.79 Å². The van der Waals surface area contributed by atoms with Gasteiger partial charge >= 0.3 is 6.03 Å². The molecule has 0 atom stereocenters. The number of hydrogen-bond donors (Lipinski definition) is 1. The van der Waals surface area contributed by atoms with Gasteiger partial charge in [0.1, 0.15) is 0 Å². The summed E-state index contributed by atoms with van der Waals surface area (Å²) in [6, 6.07) is 7.57. The summed E-state index contributed by atoms with van der Waals surface area (Å²) in [7, 11) is 0. The first-order chi connectivity index (χ1) is 8.24. The summed E-state index contributed by atoms with van der Waals surface area (Å²) in [5.41, 5.74) is 7.37. The Hall–Kier alpha value is -1.36. The van der Waals surface area contributed by atoms with Gasteiger partial charge in [0.2, 0.25) is 0 Å². The quantitative estimate of drug-likeness (QED) is 0.831. The van der Waals surface area contributed by atoms with Crippen LogP contribution in [0.2, 0.25) is 0 Å². The number of carbonyl (C=O) groups is 1. The molecule has 1 saturated heterocycles. The minimum atomic E-state index is 0.0666. The Bertz CT molecular complexity index is 410. The second kappa shape index (κ2) is 5.31. The number of hydrogen-bond acceptors (Lipinski definition) is 3. The van der Waals surface area contributed by atoms with Crippen molar-refractivity contribution in [1.82, 2.24) is 4.90 Å². The minimum Gasteiger partial charge on any atom is -0.397 e. The van der Waals surface area contributed by atoms with E-state index < -0.39 is 0 Å². The number of benzene rings is 1. The zero-order chi connectivity index (χ0) is 12.3. The van der Waals surface area contributed by atoms with Gasteiger partial charge in [0.15, 0.2) is 0 Å². The summed E-state index contributed by atoms with van der Waals surface area (Å²) in [4.78, 5) is 15.8. The van der Waals surface area contributed by atoms with E-state index in [1.54, 1.807) is 16.7 Å². The van der Waals surface area contributed by atoms with Gasteiger partial charge in [-0.05, 0) is 18.4 Å². The predicted molar refractivity (Wildman–Crippen MR) is 73.6 cm³/mol. The number of rotatable bonds is 4. The van der Waals surface area contributed by atoms with Crippen LogP contribution in [-0.2, 0) is 0 Å². The van der Waals surface area contributed by atoms with Gasteiger partial charge in [-0.3, -0.25) is 4.90 Å². The molecule has 0 unspecified atom stereocenters. The Morgan fingerprint density at radius 2 is 2.12 bits per heavy atom. The van der Waals surface area contributed by atoms with E-state index in [1.165, 1.54) is 0 Å². The number of thioether (sulfide) groups is 1. The van der Waals surface area contributed by atoms with Gasteiger partial charge in [0.25, 0.3) is 0 Å². The van der Waals surface area contributed by atoms with E-state index in [9.17, 15) is 4.79 Å². The molecular weight excluding hydrogens is 234 g/mol. The molecular formula is C12H17N3OS. The molecule has 2 amide bonds. The number of para-hydroxylation sites is 2. The van der Waals surface area contributed by atoms with Gasteiger partial charge in [0.05, 0.1) is 11.4 Å². The van der Waals surface area contributed by atoms with Gasteiger partial charge in [-0.2, -0.15) is 11.8 Å². The lowest BCUT2D eigenvalue weighted by atomic mass is 10.2. The summed E-state index contributed by atoms with van der Waals surface area (Å²) in [6.07, 6.45) is 2.05. The second-order valence-electron chi connectivity index (χ2n) is 3.97. The standard InChI is InChI=1S/C12H17N3OS/c1-17-9-8-14-6-7-15(12(14)16)11-5-3-2-4-10(11)13/h2-5H,6-9,13H2,1H3. The van der Waals surface area contributed by atoms with E-state index in [2.05, 4.69) is 0 Å². The molecule has 92 valence electrons. The van der Waals surface area contributed by atoms with Crippen molar-refractivity contribution in [3.8, 4) is 0 Å². The molecule has 0 aliphatic carbocycles. The maximum absolute atomic E-state index is 12.2. The van der Waals surface area contributed by atoms with Crippen LogP contribution in [0.15, 0.2) is 24.3 Å². The van der Waals surface area contributed by atoms with E-state index >= 15 is 0 Å². The van der Waals surface area contributed by atoms with Crippen molar-refractivity contribution in [2.24, 2.45) is 0 Å². The topological polar surface area (TPSA) is 49.6 Å². The largest absolute Gasteiger partial charge is 0.397 e. The van der Waals surface area contributed by atoms with Crippen molar-refractivity contribution in [1.29, 1.82) is 0 Å². The van der Waals surface area contributed by atoms with Crippen molar-refractivity contribution in [2.75, 3.05) is 42.3 Å². The van der Waals surface area contributed by atoms with Crippen molar-refractivity contribution in [3.05, 3.63) is 24.3 Å². The van der Waals surface area contributed by atoms with E-state index in [0.717, 1.165) is 31.1 Å². The molecule has 1 heterocycles. The molecule has 2 rings (SSSR count). The van der Waals surface area contributed by atoms with Crippen LogP contribution >= 0.6 is 11.8 Å². The number of nitrogens with two attached hydrogens (primary N) is 1. The van der Waals surface area contributed by atoms with Crippen LogP contribution in [0.4, 0.5) is 16.2 Å². The minimum absolute atomic E-state index is 0.0666. The predicted octanol–water partition coefficient (Wildman–Crippen LogP) is 1.87. The SMILES string of the molecule is CSCCN1CCN(c2ccccc2N)C1=O. The Kier molecular flexibility index (Phi) is 3.78. The van der Waals surface area contributed by atoms with Crippen LogP contribution in [0, 0.1) is 0 Å². The molecule has 1 fully saturated rings. The van der Waals surface area contributed by atoms with E-state index in [0.29, 0.717) is 5.69 Å². The third kappa shape index (κ3) is 2.49. The molecule has 1 aromatic carbocycles. The van der Waals surface area contributed by atoms with Crippen LogP contribution in [0.25, 0.3) is 0 Å². The van der Waals surface area contributed by atoms with Crippen LogP contribution in [0.5, 0.6) is 0 Å². The summed E-state index contributed by atoms with van der Waals surface area (Å²) in [5.74, 6) is 0.976. The van der Waals surface area contributed by atoms with Crippen LogP contribution in [0.3, 0.4) is 0 Å². The summed E-state index contributed by atoms with van der Waals surface area (Å²) < 4.78 is 0. The number of nitrogen functional groups attached to an aromatic ring is 1. The average molecular weight is 251 g/mol. The average Bonchev–Trinajstić information content (AvgIpc) is 2.69. The first kappa shape index (κ1) is 12.1. The normalized spacial score (nSPS) is 15.7. The third-order valence-corrected chi connectivity index (χ3v) is 3.48. The highest BCUT2D eigenvalue weighted by molar-refractivity contribution is 7.98.